The summed E-state index contributed by atoms with van der Waals surface area (Å²) in [5.41, 5.74) is 8.11. The molecule has 2 aliphatic heterocycles. The van der Waals surface area contributed by atoms with E-state index in [0.29, 0.717) is 35.4 Å². The van der Waals surface area contributed by atoms with Crippen molar-refractivity contribution in [1.82, 2.24) is 20.3 Å². The number of aromatic amines is 1. The molecule has 2 amide bonds. The summed E-state index contributed by atoms with van der Waals surface area (Å²) in [6.07, 6.45) is 3.34. The maximum Gasteiger partial charge on any atom is 0.273 e. The lowest BCUT2D eigenvalue weighted by atomic mass is 9.67. The highest BCUT2D eigenvalue weighted by molar-refractivity contribution is 6.07. The number of rotatable bonds is 2. The second-order valence-corrected chi connectivity index (χ2v) is 10.7. The van der Waals surface area contributed by atoms with Crippen LogP contribution in [0.3, 0.4) is 0 Å². The summed E-state index contributed by atoms with van der Waals surface area (Å²) >= 11 is 0. The number of allylic oxidation sites excluding steroid dienone is 1. The SMILES string of the molecule is CC(C)(C)N1CC2=C(C(=O)CC3(CCNCC3)C2)N1C(=O)c1ccc2cc(C(N)=O)[nH]c2c1. The lowest BCUT2D eigenvalue weighted by Gasteiger charge is -2.41. The van der Waals surface area contributed by atoms with Crippen LogP contribution in [0.1, 0.15) is 67.3 Å². The van der Waals surface area contributed by atoms with Crippen molar-refractivity contribution in [2.75, 3.05) is 19.6 Å². The molecule has 5 rings (SSSR count). The number of benzene rings is 1. The van der Waals surface area contributed by atoms with E-state index in [0.717, 1.165) is 43.3 Å². The van der Waals surface area contributed by atoms with Crippen molar-refractivity contribution in [1.29, 1.82) is 0 Å². The maximum atomic E-state index is 13.8. The van der Waals surface area contributed by atoms with Gasteiger partial charge in [-0.2, -0.15) is 0 Å². The Morgan fingerprint density at radius 1 is 1.09 bits per heavy atom. The zero-order valence-corrected chi connectivity index (χ0v) is 19.5. The van der Waals surface area contributed by atoms with Crippen molar-refractivity contribution in [2.24, 2.45) is 11.1 Å². The van der Waals surface area contributed by atoms with E-state index in [9.17, 15) is 14.4 Å². The average molecular weight is 450 g/mol. The molecule has 1 saturated heterocycles. The second-order valence-electron chi connectivity index (χ2n) is 10.7. The van der Waals surface area contributed by atoms with Crippen LogP contribution in [-0.2, 0) is 4.79 Å². The molecule has 174 valence electrons. The van der Waals surface area contributed by atoms with Gasteiger partial charge in [0.2, 0.25) is 0 Å². The molecule has 4 N–H and O–H groups in total. The zero-order valence-electron chi connectivity index (χ0n) is 19.5. The van der Waals surface area contributed by atoms with Crippen LogP contribution in [0, 0.1) is 5.41 Å². The monoisotopic (exact) mass is 449 g/mol. The van der Waals surface area contributed by atoms with Crippen molar-refractivity contribution in [3.05, 3.63) is 46.8 Å². The van der Waals surface area contributed by atoms with Gasteiger partial charge in [0.1, 0.15) is 11.4 Å². The molecule has 3 heterocycles. The Hall–Kier alpha value is -2.97. The number of piperidine rings is 1. The summed E-state index contributed by atoms with van der Waals surface area (Å²) in [6.45, 7) is 8.63. The minimum atomic E-state index is -0.549. The fraction of sp³-hybridized carbons (Fsp3) is 0.480. The molecule has 0 bridgehead atoms. The fourth-order valence-corrected chi connectivity index (χ4v) is 5.57. The van der Waals surface area contributed by atoms with E-state index in [1.54, 1.807) is 29.3 Å². The Bertz CT molecular complexity index is 1200. The lowest BCUT2D eigenvalue weighted by molar-refractivity contribution is -0.122. The van der Waals surface area contributed by atoms with Crippen LogP contribution < -0.4 is 11.1 Å². The summed E-state index contributed by atoms with van der Waals surface area (Å²) in [7, 11) is 0. The number of hydrogen-bond acceptors (Lipinski definition) is 5. The van der Waals surface area contributed by atoms with Gasteiger partial charge in [-0.15, -0.1) is 0 Å². The molecule has 3 aliphatic rings. The number of hydrazine groups is 1. The lowest BCUT2D eigenvalue weighted by Crippen LogP contribution is -2.52. The average Bonchev–Trinajstić information content (AvgIpc) is 3.35. The van der Waals surface area contributed by atoms with Crippen molar-refractivity contribution in [3.63, 3.8) is 0 Å². The van der Waals surface area contributed by atoms with E-state index in [1.165, 1.54) is 0 Å². The highest BCUT2D eigenvalue weighted by Crippen LogP contribution is 2.48. The Morgan fingerprint density at radius 3 is 2.48 bits per heavy atom. The Balaban J connectivity index is 1.54. The fourth-order valence-electron chi connectivity index (χ4n) is 5.57. The molecule has 0 saturated carbocycles. The number of H-pyrrole nitrogens is 1. The van der Waals surface area contributed by atoms with Gasteiger partial charge in [-0.05, 0) is 82.3 Å². The first kappa shape index (κ1) is 21.9. The first-order valence-corrected chi connectivity index (χ1v) is 11.6. The molecular formula is C25H31N5O3. The molecule has 1 fully saturated rings. The molecule has 1 aromatic heterocycles. The zero-order chi connectivity index (χ0) is 23.5. The summed E-state index contributed by atoms with van der Waals surface area (Å²) in [6, 6.07) is 6.94. The minimum absolute atomic E-state index is 0.0120. The molecule has 8 nitrogen and oxygen atoms in total. The number of fused-ring (bicyclic) bond motifs is 1. The van der Waals surface area contributed by atoms with E-state index >= 15 is 0 Å². The van der Waals surface area contributed by atoms with Crippen molar-refractivity contribution >= 4 is 28.5 Å². The van der Waals surface area contributed by atoms with Gasteiger partial charge < -0.3 is 16.0 Å². The summed E-state index contributed by atoms with van der Waals surface area (Å²) in [5.74, 6) is -0.719. The minimum Gasteiger partial charge on any atom is -0.364 e. The quantitative estimate of drug-likeness (QED) is 0.653. The van der Waals surface area contributed by atoms with Crippen LogP contribution >= 0.6 is 0 Å². The highest BCUT2D eigenvalue weighted by atomic mass is 16.2. The Kier molecular flexibility index (Phi) is 4.99. The predicted octanol–water partition coefficient (Wildman–Crippen LogP) is 2.72. The summed E-state index contributed by atoms with van der Waals surface area (Å²) < 4.78 is 0. The third-order valence-corrected chi connectivity index (χ3v) is 7.28. The molecule has 0 unspecified atom stereocenters. The van der Waals surface area contributed by atoms with Crippen LogP contribution in [0.25, 0.3) is 10.9 Å². The number of primary amides is 1. The number of hydrogen-bond donors (Lipinski definition) is 3. The van der Waals surface area contributed by atoms with E-state index in [2.05, 4.69) is 31.1 Å². The van der Waals surface area contributed by atoms with Gasteiger partial charge >= 0.3 is 0 Å². The number of aromatic nitrogens is 1. The number of nitrogens with zero attached hydrogens (tertiary/aromatic N) is 2. The van der Waals surface area contributed by atoms with Crippen LogP contribution in [0.5, 0.6) is 0 Å². The first-order valence-electron chi connectivity index (χ1n) is 11.6. The van der Waals surface area contributed by atoms with E-state index < -0.39 is 5.91 Å². The number of ketones is 1. The van der Waals surface area contributed by atoms with Crippen molar-refractivity contribution in [2.45, 2.75) is 52.0 Å². The van der Waals surface area contributed by atoms with Gasteiger partial charge in [-0.3, -0.25) is 14.4 Å². The topological polar surface area (TPSA) is 112 Å². The van der Waals surface area contributed by atoms with Gasteiger partial charge in [0.05, 0.1) is 0 Å². The Morgan fingerprint density at radius 2 is 1.82 bits per heavy atom. The van der Waals surface area contributed by atoms with Crippen LogP contribution in [0.4, 0.5) is 0 Å². The maximum absolute atomic E-state index is 13.8. The van der Waals surface area contributed by atoms with Crippen LogP contribution in [0.2, 0.25) is 0 Å². The van der Waals surface area contributed by atoms with Crippen LogP contribution in [0.15, 0.2) is 35.5 Å². The van der Waals surface area contributed by atoms with Gasteiger partial charge in [-0.1, -0.05) is 6.07 Å². The number of nitrogens with one attached hydrogen (secondary N) is 2. The number of amides is 2. The molecule has 0 atom stereocenters. The van der Waals surface area contributed by atoms with Crippen molar-refractivity contribution in [3.8, 4) is 0 Å². The highest BCUT2D eigenvalue weighted by Gasteiger charge is 2.49. The second kappa shape index (κ2) is 7.53. The summed E-state index contributed by atoms with van der Waals surface area (Å²) in [5, 5.41) is 7.84. The molecule has 1 aromatic carbocycles. The summed E-state index contributed by atoms with van der Waals surface area (Å²) in [4.78, 5) is 41.9. The molecule has 8 heteroatoms. The molecule has 2 aromatic rings. The first-order chi connectivity index (χ1) is 15.6. The molecule has 0 radical (unpaired) electrons. The third kappa shape index (κ3) is 3.67. The van der Waals surface area contributed by atoms with Gasteiger partial charge in [0.15, 0.2) is 5.78 Å². The molecule has 33 heavy (non-hydrogen) atoms. The third-order valence-electron chi connectivity index (χ3n) is 7.28. The van der Waals surface area contributed by atoms with Gasteiger partial charge in [0, 0.05) is 35.0 Å². The van der Waals surface area contributed by atoms with E-state index in [1.807, 2.05) is 5.01 Å². The molecule has 1 aliphatic carbocycles. The standard InChI is InChI=1S/C25H31N5O3/c1-24(2,3)29-14-17-12-25(6-8-27-9-7-25)13-20(31)21(17)30(29)23(33)16-5-4-15-10-19(22(26)32)28-18(15)11-16/h4-5,10-11,27-28H,6-9,12-14H2,1-3H3,(H2,26,32). The Labute approximate surface area is 193 Å². The van der Waals surface area contributed by atoms with Crippen molar-refractivity contribution < 1.29 is 14.4 Å². The number of carbonyl (C=O) groups excluding carboxylic acids is 3. The van der Waals surface area contributed by atoms with Gasteiger partial charge in [0.25, 0.3) is 11.8 Å². The van der Waals surface area contributed by atoms with Crippen LogP contribution in [-0.4, -0.2) is 57.8 Å². The molecule has 1 spiro atoms. The normalized spacial score (nSPS) is 21.2. The van der Waals surface area contributed by atoms with E-state index in [-0.39, 0.29) is 22.6 Å². The van der Waals surface area contributed by atoms with E-state index in [4.69, 9.17) is 5.73 Å². The molecular weight excluding hydrogens is 418 g/mol. The number of carbonyl (C=O) groups is 3. The number of Topliss-reactive ketones (excluding diaryl/α,β-unsaturated/α-hetero) is 1. The number of nitrogens with two attached hydrogens (primary N) is 1. The van der Waals surface area contributed by atoms with Gasteiger partial charge in [-0.25, -0.2) is 10.0 Å². The smallest absolute Gasteiger partial charge is 0.273 e. The largest absolute Gasteiger partial charge is 0.364 e. The predicted molar refractivity (Wildman–Crippen MR) is 125 cm³/mol.